The number of amides is 2. The van der Waals surface area contributed by atoms with Crippen molar-refractivity contribution in [1.82, 2.24) is 15.5 Å². The van der Waals surface area contributed by atoms with Crippen LogP contribution in [-0.4, -0.2) is 71.8 Å². The number of aliphatic hydroxyl groups is 1. The first-order valence-corrected chi connectivity index (χ1v) is 18.7. The Bertz CT molecular complexity index is 1930. The fraction of sp³-hybridized carbons (Fsp3) is 0.372. The van der Waals surface area contributed by atoms with Crippen LogP contribution in [0.3, 0.4) is 0 Å². The Hall–Kier alpha value is -5.07. The van der Waals surface area contributed by atoms with Gasteiger partial charge in [0.25, 0.3) is 5.91 Å². The molecule has 2 amide bonds. The molecule has 11 heteroatoms. The first-order chi connectivity index (χ1) is 26.2. The van der Waals surface area contributed by atoms with Crippen LogP contribution in [0.15, 0.2) is 103 Å². The van der Waals surface area contributed by atoms with E-state index in [1.807, 2.05) is 84.9 Å². The minimum Gasteiger partial charge on any atom is -0.453 e. The quantitative estimate of drug-likeness (QED) is 0.174. The highest BCUT2D eigenvalue weighted by Crippen LogP contribution is 2.41. The van der Waals surface area contributed by atoms with E-state index in [9.17, 15) is 19.5 Å². The Morgan fingerprint density at radius 2 is 1.63 bits per heavy atom. The summed E-state index contributed by atoms with van der Waals surface area (Å²) in [6.07, 6.45) is 0.261. The number of hydrogen-bond acceptors (Lipinski definition) is 9. The van der Waals surface area contributed by atoms with Crippen LogP contribution in [0.25, 0.3) is 11.1 Å². The smallest absolute Gasteiger partial charge is 0.303 e. The van der Waals surface area contributed by atoms with Crippen molar-refractivity contribution in [2.45, 2.75) is 76.4 Å². The number of likely N-dealkylation sites (tertiary alicyclic amines) is 1. The fourth-order valence-electron chi connectivity index (χ4n) is 7.82. The van der Waals surface area contributed by atoms with E-state index in [4.69, 9.17) is 14.2 Å². The second-order valence-electron chi connectivity index (χ2n) is 14.4. The molecule has 282 valence electrons. The number of nitrogens with one attached hydrogen (secondary N) is 2. The van der Waals surface area contributed by atoms with Crippen molar-refractivity contribution in [3.63, 3.8) is 0 Å². The van der Waals surface area contributed by atoms with Gasteiger partial charge in [-0.1, -0.05) is 78.9 Å². The highest BCUT2D eigenvalue weighted by Gasteiger charge is 2.50. The summed E-state index contributed by atoms with van der Waals surface area (Å²) in [5.74, 6) is -0.761. The Balaban J connectivity index is 1.06. The van der Waals surface area contributed by atoms with E-state index in [-0.39, 0.29) is 37.2 Å². The van der Waals surface area contributed by atoms with Crippen molar-refractivity contribution in [2.75, 3.05) is 31.2 Å². The van der Waals surface area contributed by atoms with Gasteiger partial charge >= 0.3 is 5.97 Å². The summed E-state index contributed by atoms with van der Waals surface area (Å²) in [5, 5.41) is 15.6. The van der Waals surface area contributed by atoms with E-state index in [2.05, 4.69) is 38.6 Å². The molecule has 3 saturated heterocycles. The number of nitrogens with zero attached hydrogens (tertiary/aromatic N) is 2. The van der Waals surface area contributed by atoms with Crippen LogP contribution in [0.1, 0.15) is 67.8 Å². The van der Waals surface area contributed by atoms with E-state index in [0.717, 1.165) is 65.0 Å². The maximum atomic E-state index is 13.3. The summed E-state index contributed by atoms with van der Waals surface area (Å²) in [6.45, 7) is 5.85. The molecule has 0 unspecified atom stereocenters. The number of carbonyl (C=O) groups is 3. The zero-order valence-electron chi connectivity index (χ0n) is 30.8. The highest BCUT2D eigenvalue weighted by molar-refractivity contribution is 5.93. The number of para-hydroxylation sites is 1. The van der Waals surface area contributed by atoms with Crippen molar-refractivity contribution in [2.24, 2.45) is 0 Å². The molecule has 0 aromatic heterocycles. The molecule has 3 fully saturated rings. The average molecular weight is 733 g/mol. The third-order valence-corrected chi connectivity index (χ3v) is 10.8. The minimum atomic E-state index is -0.872. The number of ether oxygens (including phenoxy) is 3. The van der Waals surface area contributed by atoms with E-state index in [0.29, 0.717) is 19.6 Å². The van der Waals surface area contributed by atoms with E-state index in [1.165, 1.54) is 6.92 Å². The second kappa shape index (κ2) is 16.5. The van der Waals surface area contributed by atoms with Crippen LogP contribution in [0.4, 0.5) is 5.69 Å². The molecule has 0 saturated carbocycles. The molecule has 4 aromatic carbocycles. The lowest BCUT2D eigenvalue weighted by molar-refractivity contribution is -0.253. The third kappa shape index (κ3) is 8.34. The van der Waals surface area contributed by atoms with Crippen molar-refractivity contribution in [3.05, 3.63) is 125 Å². The van der Waals surface area contributed by atoms with Gasteiger partial charge in [-0.25, -0.2) is 0 Å². The van der Waals surface area contributed by atoms with Crippen LogP contribution in [0.2, 0.25) is 0 Å². The van der Waals surface area contributed by atoms with Gasteiger partial charge < -0.3 is 39.8 Å². The maximum Gasteiger partial charge on any atom is 0.303 e. The van der Waals surface area contributed by atoms with E-state index in [1.54, 1.807) is 6.92 Å². The first-order valence-electron chi connectivity index (χ1n) is 18.7. The summed E-state index contributed by atoms with van der Waals surface area (Å²) in [6, 6.07) is 34.1. The number of aliphatic hydroxyl groups excluding tert-OH is 1. The molecule has 4 atom stereocenters. The van der Waals surface area contributed by atoms with Crippen molar-refractivity contribution >= 4 is 23.5 Å². The average Bonchev–Trinajstić information content (AvgIpc) is 3.52. The summed E-state index contributed by atoms with van der Waals surface area (Å²) in [5.41, 5.74) is 6.12. The van der Waals surface area contributed by atoms with Gasteiger partial charge in [0.2, 0.25) is 5.91 Å². The standard InChI is InChI=1S/C43H48N4O7/c1-29(52-30(2)49)40(50)44-25-32-8-6-9-34(22-32)35-10-7-11-36(23-35)41-53-38(24-39(54-41)33-16-14-31(27-48)15-17-33)26-46-20-18-43(19-21-46)42(51)45-28-47(43)37-12-4-3-5-13-37/h3-17,22-23,29,38-39,41,48H,18-21,24-28H2,1-2H3,(H,44,50)(H,45,51)/t29-,38-,39+,41+/m0/s1. The Morgan fingerprint density at radius 1 is 0.907 bits per heavy atom. The highest BCUT2D eigenvalue weighted by atomic mass is 16.7. The summed E-state index contributed by atoms with van der Waals surface area (Å²) in [4.78, 5) is 41.6. The van der Waals surface area contributed by atoms with Gasteiger partial charge in [-0.3, -0.25) is 14.4 Å². The SMILES string of the molecule is CC(=O)O[C@@H](C)C(=O)NCc1cccc(-c2cccc([C@@H]3O[C@H](CN4CCC5(CC4)C(=O)NCN5c4ccccc4)C[C@H](c4ccc(CO)cc4)O3)c2)c1. The topological polar surface area (TPSA) is 130 Å². The molecule has 3 heterocycles. The molecule has 3 N–H and O–H groups in total. The van der Waals surface area contributed by atoms with Gasteiger partial charge in [0.1, 0.15) is 5.54 Å². The normalized spacial score (nSPS) is 21.7. The van der Waals surface area contributed by atoms with Crippen LogP contribution in [-0.2, 0) is 41.7 Å². The molecule has 0 bridgehead atoms. The molecule has 3 aliphatic heterocycles. The predicted molar refractivity (Wildman–Crippen MR) is 204 cm³/mol. The largest absolute Gasteiger partial charge is 0.453 e. The molecular weight excluding hydrogens is 684 g/mol. The van der Waals surface area contributed by atoms with Gasteiger partial charge in [0.05, 0.1) is 25.5 Å². The third-order valence-electron chi connectivity index (χ3n) is 10.8. The summed E-state index contributed by atoms with van der Waals surface area (Å²) in [7, 11) is 0. The summed E-state index contributed by atoms with van der Waals surface area (Å²) >= 11 is 0. The lowest BCUT2D eigenvalue weighted by Crippen LogP contribution is -2.57. The van der Waals surface area contributed by atoms with Crippen molar-refractivity contribution in [3.8, 4) is 11.1 Å². The maximum absolute atomic E-state index is 13.3. The number of benzene rings is 4. The van der Waals surface area contributed by atoms with Gasteiger partial charge in [-0.2, -0.15) is 0 Å². The van der Waals surface area contributed by atoms with E-state index >= 15 is 0 Å². The van der Waals surface area contributed by atoms with Crippen LogP contribution in [0.5, 0.6) is 0 Å². The number of esters is 1. The van der Waals surface area contributed by atoms with Gasteiger partial charge in [0, 0.05) is 50.8 Å². The van der Waals surface area contributed by atoms with Crippen LogP contribution < -0.4 is 15.5 Å². The molecule has 0 aliphatic carbocycles. The molecule has 0 radical (unpaired) electrons. The number of carbonyl (C=O) groups excluding carboxylic acids is 3. The molecule has 3 aliphatic rings. The van der Waals surface area contributed by atoms with Gasteiger partial charge in [-0.15, -0.1) is 0 Å². The van der Waals surface area contributed by atoms with Gasteiger partial charge in [-0.05, 0) is 71.8 Å². The molecule has 7 rings (SSSR count). The Kier molecular flexibility index (Phi) is 11.4. The Morgan fingerprint density at radius 3 is 2.35 bits per heavy atom. The van der Waals surface area contributed by atoms with Crippen LogP contribution in [0, 0.1) is 0 Å². The van der Waals surface area contributed by atoms with Gasteiger partial charge in [0.15, 0.2) is 12.4 Å². The zero-order chi connectivity index (χ0) is 37.7. The lowest BCUT2D eigenvalue weighted by atomic mass is 9.85. The fourth-order valence-corrected chi connectivity index (χ4v) is 7.82. The number of hydrogen-bond donors (Lipinski definition) is 3. The minimum absolute atomic E-state index is 0.0237. The Labute approximate surface area is 316 Å². The molecule has 54 heavy (non-hydrogen) atoms. The monoisotopic (exact) mass is 732 g/mol. The lowest BCUT2D eigenvalue weighted by Gasteiger charge is -2.45. The zero-order valence-corrected chi connectivity index (χ0v) is 30.8. The number of rotatable bonds is 11. The molecular formula is C43H48N4O7. The van der Waals surface area contributed by atoms with E-state index < -0.39 is 23.9 Å². The number of anilines is 1. The molecule has 4 aromatic rings. The predicted octanol–water partition coefficient (Wildman–Crippen LogP) is 5.39. The van der Waals surface area contributed by atoms with Crippen molar-refractivity contribution < 1.29 is 33.7 Å². The second-order valence-corrected chi connectivity index (χ2v) is 14.4. The molecule has 11 nitrogen and oxygen atoms in total. The first kappa shape index (κ1) is 37.3. The number of piperidine rings is 1. The summed E-state index contributed by atoms with van der Waals surface area (Å²) < 4.78 is 18.4. The molecule has 1 spiro atoms. The van der Waals surface area contributed by atoms with Crippen molar-refractivity contribution in [1.29, 1.82) is 0 Å². The van der Waals surface area contributed by atoms with Crippen LogP contribution >= 0.6 is 0 Å².